The Morgan fingerprint density at radius 3 is 2.33 bits per heavy atom. The van der Waals surface area contributed by atoms with Gasteiger partial charge in [0.05, 0.1) is 11.2 Å². The fraction of sp³-hybridized carbons (Fsp3) is 0. The third-order valence-electron chi connectivity index (χ3n) is 1.80. The zero-order valence-corrected chi connectivity index (χ0v) is 10.5. The first kappa shape index (κ1) is 10.9. The highest BCUT2D eigenvalue weighted by Crippen LogP contribution is 2.23. The lowest BCUT2D eigenvalue weighted by molar-refractivity contribution is 1.18. The van der Waals surface area contributed by atoms with E-state index in [2.05, 4.69) is 25.9 Å². The van der Waals surface area contributed by atoms with Gasteiger partial charge in [-0.3, -0.25) is 0 Å². The molecule has 0 amide bonds. The molecule has 0 atom stereocenters. The number of rotatable bonds is 1. The summed E-state index contributed by atoms with van der Waals surface area (Å²) in [5, 5.41) is 0.627. The van der Waals surface area contributed by atoms with Gasteiger partial charge in [0.1, 0.15) is 0 Å². The number of hydrogen-bond donors (Lipinski definition) is 0. The summed E-state index contributed by atoms with van der Waals surface area (Å²) in [5.41, 5.74) is 0.900. The van der Waals surface area contributed by atoms with E-state index in [1.165, 1.54) is 6.20 Å². The molecule has 15 heavy (non-hydrogen) atoms. The average Bonchev–Trinajstić information content (AvgIpc) is 2.23. The van der Waals surface area contributed by atoms with Crippen molar-refractivity contribution in [1.82, 2.24) is 9.97 Å². The molecule has 0 saturated heterocycles. The molecule has 0 unspecified atom stereocenters. The second kappa shape index (κ2) is 4.47. The largest absolute Gasteiger partial charge is 0.235 e. The van der Waals surface area contributed by atoms with Crippen LogP contribution in [0.15, 0.2) is 34.9 Å². The third-order valence-corrected chi connectivity index (χ3v) is 2.99. The van der Waals surface area contributed by atoms with Gasteiger partial charge in [0.15, 0.2) is 11.0 Å². The minimum Gasteiger partial charge on any atom is -0.235 e. The first-order valence-corrected chi connectivity index (χ1v) is 5.65. The van der Waals surface area contributed by atoms with Gasteiger partial charge < -0.3 is 0 Å². The first-order chi connectivity index (χ1) is 7.16. The molecule has 0 fully saturated rings. The van der Waals surface area contributed by atoms with Crippen LogP contribution in [0, 0.1) is 0 Å². The molecule has 0 spiro atoms. The van der Waals surface area contributed by atoms with Gasteiger partial charge in [0.2, 0.25) is 0 Å². The van der Waals surface area contributed by atoms with Crippen molar-refractivity contribution in [3.05, 3.63) is 45.1 Å². The van der Waals surface area contributed by atoms with Crippen LogP contribution in [-0.2, 0) is 0 Å². The minimum absolute atomic E-state index is 0.268. The van der Waals surface area contributed by atoms with Crippen molar-refractivity contribution >= 4 is 39.1 Å². The summed E-state index contributed by atoms with van der Waals surface area (Å²) in [5.74, 6) is 0.567. The highest BCUT2D eigenvalue weighted by atomic mass is 79.9. The van der Waals surface area contributed by atoms with E-state index < -0.39 is 0 Å². The molecule has 1 aromatic heterocycles. The number of aromatic nitrogens is 2. The maximum Gasteiger partial charge on any atom is 0.160 e. The maximum atomic E-state index is 5.80. The molecule has 0 aliphatic heterocycles. The Morgan fingerprint density at radius 1 is 1.07 bits per heavy atom. The van der Waals surface area contributed by atoms with E-state index in [4.69, 9.17) is 23.2 Å². The number of halogens is 3. The van der Waals surface area contributed by atoms with Gasteiger partial charge in [-0.05, 0) is 12.1 Å². The van der Waals surface area contributed by atoms with Gasteiger partial charge >= 0.3 is 0 Å². The molecule has 0 aliphatic rings. The minimum atomic E-state index is 0.268. The Hall–Kier alpha value is -0.640. The van der Waals surface area contributed by atoms with E-state index in [-0.39, 0.29) is 5.15 Å². The molecule has 2 aromatic rings. The molecule has 0 saturated carbocycles. The van der Waals surface area contributed by atoms with Crippen LogP contribution in [0.1, 0.15) is 0 Å². The molecular weight excluding hydrogens is 299 g/mol. The van der Waals surface area contributed by atoms with Crippen LogP contribution in [0.2, 0.25) is 10.2 Å². The van der Waals surface area contributed by atoms with Crippen LogP contribution in [0.3, 0.4) is 0 Å². The van der Waals surface area contributed by atoms with Crippen molar-refractivity contribution < 1.29 is 0 Å². The zero-order chi connectivity index (χ0) is 10.8. The Kier molecular flexibility index (Phi) is 3.24. The molecule has 0 N–H and O–H groups in total. The average molecular weight is 304 g/mol. The van der Waals surface area contributed by atoms with Crippen molar-refractivity contribution in [3.8, 4) is 11.4 Å². The smallest absolute Gasteiger partial charge is 0.160 e. The maximum absolute atomic E-state index is 5.80. The monoisotopic (exact) mass is 302 g/mol. The Labute approximate surface area is 105 Å². The van der Waals surface area contributed by atoms with Gasteiger partial charge in [-0.15, -0.1) is 0 Å². The Morgan fingerprint density at radius 2 is 1.73 bits per heavy atom. The predicted molar refractivity (Wildman–Crippen MR) is 65.2 cm³/mol. The lowest BCUT2D eigenvalue weighted by Crippen LogP contribution is -1.89. The molecule has 2 nitrogen and oxygen atoms in total. The number of benzene rings is 1. The summed E-state index contributed by atoms with van der Waals surface area (Å²) in [6.45, 7) is 0. The molecule has 0 radical (unpaired) electrons. The highest BCUT2D eigenvalue weighted by molar-refractivity contribution is 9.10. The standard InChI is InChI=1S/C10H5BrCl2N2/c11-7-3-1-6(2-4-7)10-14-5-8(12)9(13)15-10/h1-5H. The highest BCUT2D eigenvalue weighted by Gasteiger charge is 2.04. The SMILES string of the molecule is Clc1cnc(-c2ccc(Br)cc2)nc1Cl. The third kappa shape index (κ3) is 2.48. The molecule has 2 rings (SSSR count). The van der Waals surface area contributed by atoms with Crippen LogP contribution >= 0.6 is 39.1 Å². The van der Waals surface area contributed by atoms with Crippen LogP contribution in [0.4, 0.5) is 0 Å². The van der Waals surface area contributed by atoms with E-state index in [9.17, 15) is 0 Å². The Balaban J connectivity index is 2.45. The Bertz CT molecular complexity index is 485. The number of hydrogen-bond acceptors (Lipinski definition) is 2. The van der Waals surface area contributed by atoms with Gasteiger partial charge in [0.25, 0.3) is 0 Å². The van der Waals surface area contributed by atoms with Crippen LogP contribution in [0.25, 0.3) is 11.4 Å². The normalized spacial score (nSPS) is 10.3. The van der Waals surface area contributed by atoms with E-state index >= 15 is 0 Å². The molecule has 0 aliphatic carbocycles. The summed E-state index contributed by atoms with van der Waals surface area (Å²) < 4.78 is 1.01. The van der Waals surface area contributed by atoms with E-state index in [0.717, 1.165) is 10.0 Å². The van der Waals surface area contributed by atoms with Crippen LogP contribution < -0.4 is 0 Å². The summed E-state index contributed by atoms with van der Waals surface area (Å²) >= 11 is 14.9. The first-order valence-electron chi connectivity index (χ1n) is 4.11. The second-order valence-corrected chi connectivity index (χ2v) is 4.52. The summed E-state index contributed by atoms with van der Waals surface area (Å²) in [7, 11) is 0. The van der Waals surface area contributed by atoms with Crippen molar-refractivity contribution in [2.24, 2.45) is 0 Å². The lowest BCUT2D eigenvalue weighted by Gasteiger charge is -2.01. The molecule has 1 aromatic carbocycles. The van der Waals surface area contributed by atoms with Crippen molar-refractivity contribution in [3.63, 3.8) is 0 Å². The molecule has 5 heteroatoms. The molecule has 1 heterocycles. The topological polar surface area (TPSA) is 25.8 Å². The summed E-state index contributed by atoms with van der Waals surface area (Å²) in [6.07, 6.45) is 1.49. The van der Waals surface area contributed by atoms with Crippen LogP contribution in [-0.4, -0.2) is 9.97 Å². The van der Waals surface area contributed by atoms with Gasteiger partial charge in [-0.25, -0.2) is 9.97 Å². The van der Waals surface area contributed by atoms with Crippen molar-refractivity contribution in [2.45, 2.75) is 0 Å². The lowest BCUT2D eigenvalue weighted by atomic mass is 10.2. The summed E-state index contributed by atoms with van der Waals surface area (Å²) in [4.78, 5) is 8.18. The van der Waals surface area contributed by atoms with Crippen LogP contribution in [0.5, 0.6) is 0 Å². The fourth-order valence-electron chi connectivity index (χ4n) is 1.08. The van der Waals surface area contributed by atoms with E-state index in [1.54, 1.807) is 0 Å². The quantitative estimate of drug-likeness (QED) is 0.737. The van der Waals surface area contributed by atoms with Crippen molar-refractivity contribution in [1.29, 1.82) is 0 Å². The van der Waals surface area contributed by atoms with E-state index in [1.807, 2.05) is 24.3 Å². The fourth-order valence-corrected chi connectivity index (χ4v) is 1.57. The van der Waals surface area contributed by atoms with Crippen molar-refractivity contribution in [2.75, 3.05) is 0 Å². The molecular formula is C10H5BrCl2N2. The summed E-state index contributed by atoms with van der Waals surface area (Å²) in [6, 6.07) is 7.65. The molecule has 0 bridgehead atoms. The van der Waals surface area contributed by atoms with E-state index in [0.29, 0.717) is 10.8 Å². The number of nitrogens with zero attached hydrogens (tertiary/aromatic N) is 2. The second-order valence-electron chi connectivity index (χ2n) is 2.84. The zero-order valence-electron chi connectivity index (χ0n) is 7.42. The van der Waals surface area contributed by atoms with Gasteiger partial charge in [-0.1, -0.05) is 51.3 Å². The van der Waals surface area contributed by atoms with Gasteiger partial charge in [0, 0.05) is 10.0 Å². The molecule has 76 valence electrons. The predicted octanol–water partition coefficient (Wildman–Crippen LogP) is 4.21. The van der Waals surface area contributed by atoms with Gasteiger partial charge in [-0.2, -0.15) is 0 Å².